The third-order valence-electron chi connectivity index (χ3n) is 0. The van der Waals surface area contributed by atoms with Crippen LogP contribution in [0.15, 0.2) is 12.7 Å². The molecule has 6 heavy (non-hydrogen) atoms. The Kier molecular flexibility index (Phi) is 347. The molecule has 0 nitrogen and oxygen atoms in total. The van der Waals surface area contributed by atoms with Crippen LogP contribution in [0.5, 0.6) is 0 Å². The van der Waals surface area contributed by atoms with E-state index in [1.807, 2.05) is 20.8 Å². The quantitative estimate of drug-likeness (QED) is 0.399. The van der Waals surface area contributed by atoms with Crippen LogP contribution >= 0.6 is 0 Å². The first kappa shape index (κ1) is 17.2. The molecule has 0 aliphatic rings. The fourth-order valence-electron chi connectivity index (χ4n) is 0. The summed E-state index contributed by atoms with van der Waals surface area (Å²) in [5.74, 6) is 0. The largest absolute Gasteiger partial charge is 0.103 e. The number of rotatable bonds is 0. The maximum absolute atomic E-state index is 3.36. The predicted molar refractivity (Wildman–Crippen MR) is 33.9 cm³/mol. The van der Waals surface area contributed by atoms with Crippen LogP contribution in [0.2, 0.25) is 0 Å². The summed E-state index contributed by atoms with van der Waals surface area (Å²) in [6, 6.07) is 0. The molecular weight excluding hydrogens is 72.1 g/mol. The van der Waals surface area contributed by atoms with Gasteiger partial charge in [-0.2, -0.15) is 0 Å². The van der Waals surface area contributed by atoms with E-state index in [2.05, 4.69) is 6.58 Å². The highest BCUT2D eigenvalue weighted by Crippen LogP contribution is 1.38. The average Bonchev–Trinajstić information content (AvgIpc) is 1.46. The van der Waals surface area contributed by atoms with Gasteiger partial charge in [-0.25, -0.2) is 0 Å². The van der Waals surface area contributed by atoms with Crippen molar-refractivity contribution < 1.29 is 0 Å². The minimum absolute atomic E-state index is 0. The van der Waals surface area contributed by atoms with Crippen molar-refractivity contribution in [3.63, 3.8) is 0 Å². The number of hydrogen-bond donors (Lipinski definition) is 0. The van der Waals surface area contributed by atoms with Crippen molar-refractivity contribution in [3.05, 3.63) is 12.7 Å². The molecule has 0 rings (SSSR count). The van der Waals surface area contributed by atoms with Gasteiger partial charge in [0.25, 0.3) is 0 Å². The van der Waals surface area contributed by atoms with Gasteiger partial charge >= 0.3 is 0 Å². The van der Waals surface area contributed by atoms with Gasteiger partial charge in [-0.15, -0.1) is 6.58 Å². The van der Waals surface area contributed by atoms with Gasteiger partial charge in [-0.1, -0.05) is 27.4 Å². The van der Waals surface area contributed by atoms with Crippen LogP contribution < -0.4 is 0 Å². The van der Waals surface area contributed by atoms with Crippen molar-refractivity contribution in [3.8, 4) is 0 Å². The van der Waals surface area contributed by atoms with E-state index in [9.17, 15) is 0 Å². The van der Waals surface area contributed by atoms with Gasteiger partial charge in [0.15, 0.2) is 0 Å². The Morgan fingerprint density at radius 3 is 1.33 bits per heavy atom. The molecule has 0 aromatic carbocycles. The van der Waals surface area contributed by atoms with Gasteiger partial charge in [0.05, 0.1) is 0 Å². The summed E-state index contributed by atoms with van der Waals surface area (Å²) in [5, 5.41) is 0. The van der Waals surface area contributed by atoms with Crippen molar-refractivity contribution in [2.45, 2.75) is 28.2 Å². The highest BCUT2D eigenvalue weighted by atomic mass is 13.2. The average molecular weight is 88.2 g/mol. The van der Waals surface area contributed by atoms with E-state index in [-0.39, 0.29) is 7.43 Å². The first-order valence-corrected chi connectivity index (χ1v) is 1.99. The Balaban J connectivity index is -0.0000000275. The van der Waals surface area contributed by atoms with Crippen LogP contribution in [0.3, 0.4) is 0 Å². The molecule has 0 saturated carbocycles. The molecule has 0 spiro atoms. The minimum Gasteiger partial charge on any atom is -0.103 e. The molecule has 0 unspecified atom stereocenters. The van der Waals surface area contributed by atoms with E-state index >= 15 is 0 Å². The first-order valence-electron chi connectivity index (χ1n) is 1.99. The molecule has 0 N–H and O–H groups in total. The highest BCUT2D eigenvalue weighted by molar-refractivity contribution is 4.51. The first-order chi connectivity index (χ1) is 2.41. The Morgan fingerprint density at radius 1 is 1.33 bits per heavy atom. The predicted octanol–water partition coefficient (Wildman–Crippen LogP) is 2.85. The molecular formula is C6H16. The third-order valence-corrected chi connectivity index (χ3v) is 0. The zero-order valence-electron chi connectivity index (χ0n) is 4.28. The molecule has 0 saturated heterocycles. The summed E-state index contributed by atoms with van der Waals surface area (Å²) >= 11 is 0. The van der Waals surface area contributed by atoms with Gasteiger partial charge in [0.2, 0.25) is 0 Å². The second-order valence-electron chi connectivity index (χ2n) is 0.408. The second kappa shape index (κ2) is 121. The van der Waals surface area contributed by atoms with Gasteiger partial charge < -0.3 is 0 Å². The van der Waals surface area contributed by atoms with E-state index in [0.29, 0.717) is 0 Å². The summed E-state index contributed by atoms with van der Waals surface area (Å²) in [6.07, 6.45) is 1.75. The van der Waals surface area contributed by atoms with Crippen LogP contribution in [0, 0.1) is 0 Å². The fourth-order valence-corrected chi connectivity index (χ4v) is 0. The van der Waals surface area contributed by atoms with Crippen LogP contribution in [-0.4, -0.2) is 0 Å². The second-order valence-corrected chi connectivity index (χ2v) is 0.408. The Bertz CT molecular complexity index is 7.51. The van der Waals surface area contributed by atoms with Crippen molar-refractivity contribution in [2.75, 3.05) is 0 Å². The summed E-state index contributed by atoms with van der Waals surface area (Å²) in [4.78, 5) is 0. The van der Waals surface area contributed by atoms with E-state index < -0.39 is 0 Å². The zero-order chi connectivity index (χ0) is 4.71. The Labute approximate surface area is 41.9 Å². The standard InChI is InChI=1S/C3H6.C2H6.CH4/c1-3-2;1-2;/h3H,1H2,2H3;1-2H3;1H4. The number of hydrogen-bond acceptors (Lipinski definition) is 0. The fraction of sp³-hybridized carbons (Fsp3) is 0.667. The van der Waals surface area contributed by atoms with Gasteiger partial charge in [-0.3, -0.25) is 0 Å². The van der Waals surface area contributed by atoms with Crippen LogP contribution in [0.4, 0.5) is 0 Å². The lowest BCUT2D eigenvalue weighted by Crippen LogP contribution is -1.07. The molecule has 0 fully saturated rings. The molecule has 0 heteroatoms. The van der Waals surface area contributed by atoms with Crippen LogP contribution in [0.25, 0.3) is 0 Å². The summed E-state index contributed by atoms with van der Waals surface area (Å²) in [6.45, 7) is 9.25. The highest BCUT2D eigenvalue weighted by Gasteiger charge is 1.15. The van der Waals surface area contributed by atoms with E-state index in [0.717, 1.165) is 0 Å². The van der Waals surface area contributed by atoms with Gasteiger partial charge in [0.1, 0.15) is 0 Å². The molecule has 0 amide bonds. The van der Waals surface area contributed by atoms with Crippen molar-refractivity contribution >= 4 is 0 Å². The lowest BCUT2D eigenvalue weighted by molar-refractivity contribution is 1.50. The normalized spacial score (nSPS) is 3.17. The van der Waals surface area contributed by atoms with E-state index in [1.54, 1.807) is 6.08 Å². The molecule has 40 valence electrons. The SMILES string of the molecule is C.C=CC.CC. The maximum Gasteiger partial charge on any atom is -0.0473 e. The van der Waals surface area contributed by atoms with Crippen molar-refractivity contribution in [1.82, 2.24) is 0 Å². The maximum atomic E-state index is 3.36. The van der Waals surface area contributed by atoms with Crippen LogP contribution in [-0.2, 0) is 0 Å². The summed E-state index contributed by atoms with van der Waals surface area (Å²) < 4.78 is 0. The van der Waals surface area contributed by atoms with Crippen molar-refractivity contribution in [1.29, 1.82) is 0 Å². The van der Waals surface area contributed by atoms with Gasteiger partial charge in [-0.05, 0) is 6.92 Å². The lowest BCUT2D eigenvalue weighted by Gasteiger charge is -1.31. The van der Waals surface area contributed by atoms with Crippen LogP contribution in [0.1, 0.15) is 28.2 Å². The number of allylic oxidation sites excluding steroid dienone is 1. The topological polar surface area (TPSA) is 0 Å². The molecule has 0 atom stereocenters. The Morgan fingerprint density at radius 2 is 1.33 bits per heavy atom. The molecule has 0 bridgehead atoms. The third kappa shape index (κ3) is 415. The minimum atomic E-state index is 0. The van der Waals surface area contributed by atoms with E-state index in [4.69, 9.17) is 0 Å². The molecule has 0 aromatic heterocycles. The monoisotopic (exact) mass is 88.1 g/mol. The molecule has 0 radical (unpaired) electrons. The summed E-state index contributed by atoms with van der Waals surface area (Å²) in [5.41, 5.74) is 0. The zero-order valence-corrected chi connectivity index (χ0v) is 4.28. The molecule has 0 aliphatic carbocycles. The lowest BCUT2D eigenvalue weighted by atomic mass is 10.8. The summed E-state index contributed by atoms with van der Waals surface area (Å²) in [7, 11) is 0. The van der Waals surface area contributed by atoms with Gasteiger partial charge in [0, 0.05) is 0 Å². The molecule has 0 aliphatic heterocycles. The smallest absolute Gasteiger partial charge is 0.0473 e. The Hall–Kier alpha value is -0.260. The van der Waals surface area contributed by atoms with Crippen molar-refractivity contribution in [2.24, 2.45) is 0 Å². The molecule has 0 heterocycles. The molecule has 0 aromatic rings. The van der Waals surface area contributed by atoms with E-state index in [1.165, 1.54) is 0 Å².